The van der Waals surface area contributed by atoms with E-state index in [9.17, 15) is 19.4 Å². The molecule has 0 heterocycles. The number of amides is 1. The van der Waals surface area contributed by atoms with E-state index in [1.54, 1.807) is 6.08 Å². The number of unbranched alkanes of at least 4 members (excludes halogenated alkanes) is 34. The first-order valence-electron chi connectivity index (χ1n) is 30.2. The second kappa shape index (κ2) is 53.0. The summed E-state index contributed by atoms with van der Waals surface area (Å²) in [5.41, 5.74) is 0. The quantitative estimate of drug-likeness (QED) is 0.0272. The predicted octanol–water partition coefficient (Wildman–Crippen LogP) is 17.9. The van der Waals surface area contributed by atoms with Gasteiger partial charge in [0.05, 0.1) is 39.9 Å². The molecule has 416 valence electrons. The van der Waals surface area contributed by atoms with Crippen LogP contribution in [0.25, 0.3) is 0 Å². The fourth-order valence-electron chi connectivity index (χ4n) is 8.79. The summed E-state index contributed by atoms with van der Waals surface area (Å²) in [5.74, 6) is -0.195. The molecule has 0 aliphatic carbocycles. The Labute approximate surface area is 441 Å². The highest BCUT2D eigenvalue weighted by molar-refractivity contribution is 7.45. The van der Waals surface area contributed by atoms with Crippen LogP contribution in [-0.4, -0.2) is 68.5 Å². The maximum atomic E-state index is 13.0. The molecule has 0 aromatic heterocycles. The smallest absolute Gasteiger partial charge is 0.268 e. The lowest BCUT2D eigenvalue weighted by atomic mass is 10.0. The Kier molecular flexibility index (Phi) is 51.7. The number of hydrogen-bond donors (Lipinski definition) is 2. The zero-order valence-electron chi connectivity index (χ0n) is 47.4. The summed E-state index contributed by atoms with van der Waals surface area (Å²) in [5, 5.41) is 13.9. The molecule has 0 aliphatic rings. The van der Waals surface area contributed by atoms with Crippen LogP contribution in [0.15, 0.2) is 60.8 Å². The first-order chi connectivity index (χ1) is 34.5. The van der Waals surface area contributed by atoms with E-state index in [1.807, 2.05) is 27.2 Å². The zero-order valence-corrected chi connectivity index (χ0v) is 48.3. The molecule has 0 aromatic carbocycles. The van der Waals surface area contributed by atoms with Gasteiger partial charge in [-0.2, -0.15) is 0 Å². The number of aliphatic hydroxyl groups is 1. The van der Waals surface area contributed by atoms with Crippen molar-refractivity contribution in [3.63, 3.8) is 0 Å². The SMILES string of the molecule is CC/C=C\C/C=C\C/C=C\C/C=C\CCCCCCCCCCCCCCCCCCC(=O)NC(COP(=O)([O-])OCC[N+](C)(C)C)C(O)/C=C/CCCCCCCCCCCCCCCCCCCC. The fourth-order valence-corrected chi connectivity index (χ4v) is 9.52. The van der Waals surface area contributed by atoms with Gasteiger partial charge in [-0.1, -0.05) is 274 Å². The van der Waals surface area contributed by atoms with Gasteiger partial charge in [-0.25, -0.2) is 0 Å². The van der Waals surface area contributed by atoms with Gasteiger partial charge in [0.2, 0.25) is 5.91 Å². The summed E-state index contributed by atoms with van der Waals surface area (Å²) in [4.78, 5) is 25.5. The molecule has 0 aromatic rings. The van der Waals surface area contributed by atoms with E-state index in [1.165, 1.54) is 193 Å². The Morgan fingerprint density at radius 1 is 0.507 bits per heavy atom. The Hall–Kier alpha value is -1.80. The van der Waals surface area contributed by atoms with Crippen LogP contribution in [0.2, 0.25) is 0 Å². The van der Waals surface area contributed by atoms with E-state index in [4.69, 9.17) is 9.05 Å². The van der Waals surface area contributed by atoms with Gasteiger partial charge in [0.25, 0.3) is 7.82 Å². The largest absolute Gasteiger partial charge is 0.756 e. The molecule has 0 saturated carbocycles. The maximum Gasteiger partial charge on any atom is 0.268 e. The molecule has 0 bridgehead atoms. The monoisotopic (exact) mass is 1020 g/mol. The van der Waals surface area contributed by atoms with E-state index in [-0.39, 0.29) is 19.1 Å². The minimum absolute atomic E-state index is 0.00124. The number of phosphoric ester groups is 1. The Morgan fingerprint density at radius 3 is 1.25 bits per heavy atom. The van der Waals surface area contributed by atoms with Gasteiger partial charge in [0, 0.05) is 6.42 Å². The van der Waals surface area contributed by atoms with Crippen LogP contribution in [0, 0.1) is 0 Å². The van der Waals surface area contributed by atoms with Crippen LogP contribution >= 0.6 is 7.82 Å². The van der Waals surface area contributed by atoms with Crippen molar-refractivity contribution in [2.24, 2.45) is 0 Å². The van der Waals surface area contributed by atoms with Crippen molar-refractivity contribution < 1.29 is 32.9 Å². The number of aliphatic hydroxyl groups excluding tert-OH is 1. The summed E-state index contributed by atoms with van der Waals surface area (Å²) < 4.78 is 23.4. The Bertz CT molecular complexity index is 1340. The van der Waals surface area contributed by atoms with Crippen molar-refractivity contribution in [2.75, 3.05) is 40.9 Å². The molecule has 3 atom stereocenters. The molecule has 0 radical (unpaired) electrons. The molecule has 71 heavy (non-hydrogen) atoms. The van der Waals surface area contributed by atoms with Crippen molar-refractivity contribution in [3.8, 4) is 0 Å². The molecule has 2 N–H and O–H groups in total. The molecular weight excluding hydrogens is 900 g/mol. The fraction of sp³-hybridized carbons (Fsp3) is 0.823. The highest BCUT2D eigenvalue weighted by Gasteiger charge is 2.23. The number of carbonyl (C=O) groups is 1. The third kappa shape index (κ3) is 55.8. The number of nitrogens with one attached hydrogen (secondary N) is 1. The maximum absolute atomic E-state index is 13.0. The van der Waals surface area contributed by atoms with E-state index < -0.39 is 20.0 Å². The molecule has 8 nitrogen and oxygen atoms in total. The molecule has 0 saturated heterocycles. The number of quaternary nitrogens is 1. The van der Waals surface area contributed by atoms with Crippen molar-refractivity contribution in [1.29, 1.82) is 0 Å². The van der Waals surface area contributed by atoms with E-state index in [2.05, 4.69) is 67.8 Å². The number of hydrogen-bond acceptors (Lipinski definition) is 6. The Morgan fingerprint density at radius 2 is 0.859 bits per heavy atom. The minimum atomic E-state index is -4.60. The lowest BCUT2D eigenvalue weighted by molar-refractivity contribution is -0.870. The standard InChI is InChI=1S/C62H117N2O6P/c1-6-8-10-12-14-16-18-20-22-24-26-28-29-30-31-32-33-34-35-36-38-40-42-44-46-48-50-52-54-56-62(66)63-60(59-70-71(67,68)69-58-57-64(3,4)5)61(65)55-53-51-49-47-45-43-41-39-37-27-25-23-21-19-17-15-13-11-9-7-2/h8,10,14,16,20,22,26,28,53,55,60-61,65H,6-7,9,11-13,15,17-19,21,23-25,27,29-52,54,56-59H2,1-5H3,(H-,63,66,67,68)/b10-8-,16-14-,22-20-,28-26-,55-53+. The highest BCUT2D eigenvalue weighted by Crippen LogP contribution is 2.38. The first-order valence-corrected chi connectivity index (χ1v) is 31.6. The number of nitrogens with zero attached hydrogens (tertiary/aromatic N) is 1. The summed E-state index contributed by atoms with van der Waals surface area (Å²) in [6.07, 6.45) is 71.6. The van der Waals surface area contributed by atoms with E-state index in [0.717, 1.165) is 64.2 Å². The van der Waals surface area contributed by atoms with Gasteiger partial charge in [-0.05, 0) is 57.8 Å². The number of likely N-dealkylation sites (N-methyl/N-ethyl adjacent to an activating group) is 1. The molecule has 0 rings (SSSR count). The van der Waals surface area contributed by atoms with Crippen molar-refractivity contribution in [2.45, 2.75) is 289 Å². The van der Waals surface area contributed by atoms with Gasteiger partial charge in [-0.15, -0.1) is 0 Å². The highest BCUT2D eigenvalue weighted by atomic mass is 31.2. The van der Waals surface area contributed by atoms with Crippen molar-refractivity contribution in [3.05, 3.63) is 60.8 Å². The summed E-state index contributed by atoms with van der Waals surface area (Å²) in [6.45, 7) is 4.57. The third-order valence-corrected chi connectivity index (χ3v) is 14.4. The topological polar surface area (TPSA) is 108 Å². The Balaban J connectivity index is 4.14. The van der Waals surface area contributed by atoms with Crippen LogP contribution in [-0.2, 0) is 18.4 Å². The molecule has 3 unspecified atom stereocenters. The molecule has 9 heteroatoms. The minimum Gasteiger partial charge on any atom is -0.756 e. The van der Waals surface area contributed by atoms with Gasteiger partial charge >= 0.3 is 0 Å². The predicted molar refractivity (Wildman–Crippen MR) is 307 cm³/mol. The van der Waals surface area contributed by atoms with Crippen LogP contribution in [0.4, 0.5) is 0 Å². The van der Waals surface area contributed by atoms with Gasteiger partial charge in [0.15, 0.2) is 0 Å². The van der Waals surface area contributed by atoms with E-state index in [0.29, 0.717) is 17.4 Å². The average Bonchev–Trinajstić information content (AvgIpc) is 3.33. The van der Waals surface area contributed by atoms with Crippen LogP contribution in [0.1, 0.15) is 277 Å². The number of allylic oxidation sites excluding steroid dienone is 9. The molecular formula is C62H117N2O6P. The molecule has 0 fully saturated rings. The van der Waals surface area contributed by atoms with Gasteiger partial charge in [0.1, 0.15) is 13.2 Å². The van der Waals surface area contributed by atoms with Gasteiger partial charge in [-0.3, -0.25) is 9.36 Å². The normalized spacial score (nSPS) is 14.3. The number of carbonyl (C=O) groups excluding carboxylic acids is 1. The van der Waals surface area contributed by atoms with E-state index >= 15 is 0 Å². The number of rotatable bonds is 55. The summed E-state index contributed by atoms with van der Waals surface area (Å²) in [6, 6.07) is -0.888. The van der Waals surface area contributed by atoms with Crippen molar-refractivity contribution in [1.82, 2.24) is 5.32 Å². The number of phosphoric acid groups is 1. The summed E-state index contributed by atoms with van der Waals surface area (Å²) >= 11 is 0. The zero-order chi connectivity index (χ0) is 52.0. The molecule has 0 spiro atoms. The lowest BCUT2D eigenvalue weighted by Gasteiger charge is -2.29. The van der Waals surface area contributed by atoms with Crippen molar-refractivity contribution >= 4 is 13.7 Å². The van der Waals surface area contributed by atoms with Gasteiger partial charge < -0.3 is 28.8 Å². The van der Waals surface area contributed by atoms with Crippen LogP contribution in [0.3, 0.4) is 0 Å². The summed E-state index contributed by atoms with van der Waals surface area (Å²) in [7, 11) is 1.27. The lowest BCUT2D eigenvalue weighted by Crippen LogP contribution is -2.45. The van der Waals surface area contributed by atoms with Crippen LogP contribution in [0.5, 0.6) is 0 Å². The molecule has 1 amide bonds. The molecule has 0 aliphatic heterocycles. The third-order valence-electron chi connectivity index (χ3n) is 13.5. The van der Waals surface area contributed by atoms with Crippen LogP contribution < -0.4 is 10.2 Å². The second-order valence-corrected chi connectivity index (χ2v) is 23.1. The average molecular weight is 1020 g/mol. The second-order valence-electron chi connectivity index (χ2n) is 21.7. The first kappa shape index (κ1) is 69.2.